The molecule has 2 heterocycles. The van der Waals surface area contributed by atoms with Gasteiger partial charge in [-0.3, -0.25) is 4.99 Å². The molecule has 2 aliphatic heterocycles. The van der Waals surface area contributed by atoms with E-state index in [0.29, 0.717) is 6.10 Å². The Bertz CT molecular complexity index is 387. The highest BCUT2D eigenvalue weighted by Gasteiger charge is 2.19. The summed E-state index contributed by atoms with van der Waals surface area (Å²) in [5.41, 5.74) is 0. The Labute approximate surface area is 182 Å². The summed E-state index contributed by atoms with van der Waals surface area (Å²) in [5.74, 6) is 1.62. The molecule has 0 aliphatic carbocycles. The number of hydrogen-bond acceptors (Lipinski definition) is 5. The Kier molecular flexibility index (Phi) is 14.5. The molecule has 7 nitrogen and oxygen atoms in total. The summed E-state index contributed by atoms with van der Waals surface area (Å²) in [5, 5.41) is 6.84. The van der Waals surface area contributed by atoms with E-state index in [4.69, 9.17) is 14.2 Å². The lowest BCUT2D eigenvalue weighted by Crippen LogP contribution is -2.43. The normalized spacial score (nSPS) is 21.9. The van der Waals surface area contributed by atoms with Crippen molar-refractivity contribution in [1.82, 2.24) is 15.5 Å². The first-order valence-corrected chi connectivity index (χ1v) is 10.2. The average Bonchev–Trinajstić information content (AvgIpc) is 3.19. The lowest BCUT2D eigenvalue weighted by atomic mass is 9.97. The topological polar surface area (TPSA) is 67.4 Å². The Morgan fingerprint density at radius 2 is 2.00 bits per heavy atom. The number of nitrogens with one attached hydrogen (secondary N) is 2. The van der Waals surface area contributed by atoms with Crippen LogP contribution in [-0.4, -0.2) is 90.3 Å². The van der Waals surface area contributed by atoms with Crippen molar-refractivity contribution in [2.45, 2.75) is 38.2 Å². The molecule has 2 saturated heterocycles. The first-order valence-electron chi connectivity index (χ1n) is 10.2. The lowest BCUT2D eigenvalue weighted by molar-refractivity contribution is 0.0168. The molecular weight excluding hydrogens is 459 g/mol. The van der Waals surface area contributed by atoms with Gasteiger partial charge in [-0.05, 0) is 51.1 Å². The Morgan fingerprint density at radius 1 is 1.19 bits per heavy atom. The van der Waals surface area contributed by atoms with Crippen LogP contribution < -0.4 is 10.6 Å². The summed E-state index contributed by atoms with van der Waals surface area (Å²) in [6.45, 7) is 8.48. The number of aliphatic imine (C=N–C) groups is 1. The number of methoxy groups -OCH3 is 1. The third kappa shape index (κ3) is 10.8. The zero-order valence-corrected chi connectivity index (χ0v) is 19.4. The van der Waals surface area contributed by atoms with E-state index in [2.05, 4.69) is 20.5 Å². The molecule has 0 spiro atoms. The number of halogens is 1. The van der Waals surface area contributed by atoms with Crippen LogP contribution in [0, 0.1) is 5.92 Å². The maximum Gasteiger partial charge on any atom is 0.190 e. The summed E-state index contributed by atoms with van der Waals surface area (Å²) in [6, 6.07) is 0. The van der Waals surface area contributed by atoms with Gasteiger partial charge in [0.2, 0.25) is 0 Å². The van der Waals surface area contributed by atoms with Crippen molar-refractivity contribution in [2.75, 3.05) is 73.3 Å². The molecule has 160 valence electrons. The van der Waals surface area contributed by atoms with E-state index in [0.717, 1.165) is 70.8 Å². The van der Waals surface area contributed by atoms with E-state index < -0.39 is 0 Å². The molecule has 8 heteroatoms. The molecule has 0 saturated carbocycles. The highest BCUT2D eigenvalue weighted by molar-refractivity contribution is 14.0. The number of likely N-dealkylation sites (tertiary alicyclic amines) is 1. The van der Waals surface area contributed by atoms with E-state index in [1.807, 2.05) is 7.05 Å². The van der Waals surface area contributed by atoms with Gasteiger partial charge in [-0.1, -0.05) is 0 Å². The SMILES string of the molecule is CN=C(NCCCOCC1CCCO1)NCC1CCN(CCOC)CC1.I. The van der Waals surface area contributed by atoms with Gasteiger partial charge in [-0.2, -0.15) is 0 Å². The molecular formula is C19H39IN4O3. The van der Waals surface area contributed by atoms with E-state index in [9.17, 15) is 0 Å². The van der Waals surface area contributed by atoms with Crippen molar-refractivity contribution >= 4 is 29.9 Å². The fourth-order valence-corrected chi connectivity index (χ4v) is 3.47. The Hall–Kier alpha value is -0.160. The van der Waals surface area contributed by atoms with Crippen molar-refractivity contribution in [2.24, 2.45) is 10.9 Å². The van der Waals surface area contributed by atoms with E-state index in [1.54, 1.807) is 7.11 Å². The molecule has 0 aromatic heterocycles. The van der Waals surface area contributed by atoms with Crippen LogP contribution in [0.1, 0.15) is 32.1 Å². The van der Waals surface area contributed by atoms with Crippen molar-refractivity contribution in [3.63, 3.8) is 0 Å². The second-order valence-electron chi connectivity index (χ2n) is 7.22. The van der Waals surface area contributed by atoms with E-state index >= 15 is 0 Å². The van der Waals surface area contributed by atoms with Crippen LogP contribution in [0.4, 0.5) is 0 Å². The number of guanidine groups is 1. The quantitative estimate of drug-likeness (QED) is 0.196. The van der Waals surface area contributed by atoms with Crippen LogP contribution in [0.2, 0.25) is 0 Å². The standard InChI is InChI=1S/C19H38N4O3.HI/c1-20-19(21-8-4-12-25-16-18-5-3-13-26-18)22-15-17-6-9-23(10-7-17)11-14-24-2;/h17-18H,3-16H2,1-2H3,(H2,20,21,22);1H. The number of ether oxygens (including phenoxy) is 3. The molecule has 0 amide bonds. The van der Waals surface area contributed by atoms with Crippen LogP contribution >= 0.6 is 24.0 Å². The second-order valence-corrected chi connectivity index (χ2v) is 7.22. The fourth-order valence-electron chi connectivity index (χ4n) is 3.47. The minimum Gasteiger partial charge on any atom is -0.383 e. The maximum atomic E-state index is 5.69. The van der Waals surface area contributed by atoms with Gasteiger partial charge < -0.3 is 29.7 Å². The van der Waals surface area contributed by atoms with Gasteiger partial charge in [0.15, 0.2) is 5.96 Å². The first kappa shape index (κ1) is 24.9. The van der Waals surface area contributed by atoms with Gasteiger partial charge in [-0.15, -0.1) is 24.0 Å². The predicted molar refractivity (Wildman–Crippen MR) is 120 cm³/mol. The highest BCUT2D eigenvalue weighted by atomic mass is 127. The fraction of sp³-hybridized carbons (Fsp3) is 0.947. The smallest absolute Gasteiger partial charge is 0.190 e. The zero-order chi connectivity index (χ0) is 18.5. The minimum absolute atomic E-state index is 0. The van der Waals surface area contributed by atoms with Crippen molar-refractivity contribution in [3.05, 3.63) is 0 Å². The average molecular weight is 498 g/mol. The van der Waals surface area contributed by atoms with Gasteiger partial charge >= 0.3 is 0 Å². The van der Waals surface area contributed by atoms with Gasteiger partial charge in [0.05, 0.1) is 19.3 Å². The van der Waals surface area contributed by atoms with Crippen LogP contribution in [0.15, 0.2) is 4.99 Å². The van der Waals surface area contributed by atoms with Crippen LogP contribution in [0.25, 0.3) is 0 Å². The van der Waals surface area contributed by atoms with Gasteiger partial charge in [0, 0.05) is 47.0 Å². The van der Waals surface area contributed by atoms with Crippen LogP contribution in [0.3, 0.4) is 0 Å². The molecule has 2 N–H and O–H groups in total. The number of nitrogens with zero attached hydrogens (tertiary/aromatic N) is 2. The largest absolute Gasteiger partial charge is 0.383 e. The van der Waals surface area contributed by atoms with Gasteiger partial charge in [-0.25, -0.2) is 0 Å². The summed E-state index contributed by atoms with van der Waals surface area (Å²) in [6.07, 6.45) is 6.09. The predicted octanol–water partition coefficient (Wildman–Crippen LogP) is 1.71. The van der Waals surface area contributed by atoms with Crippen LogP contribution in [-0.2, 0) is 14.2 Å². The summed E-state index contributed by atoms with van der Waals surface area (Å²) >= 11 is 0. The molecule has 27 heavy (non-hydrogen) atoms. The molecule has 0 radical (unpaired) electrons. The number of hydrogen-bond donors (Lipinski definition) is 2. The maximum absolute atomic E-state index is 5.69. The molecule has 1 atom stereocenters. The molecule has 0 aromatic carbocycles. The molecule has 2 fully saturated rings. The summed E-state index contributed by atoms with van der Waals surface area (Å²) in [4.78, 5) is 6.81. The third-order valence-corrected chi connectivity index (χ3v) is 5.19. The van der Waals surface area contributed by atoms with Crippen LogP contribution in [0.5, 0.6) is 0 Å². The first-order chi connectivity index (χ1) is 12.8. The summed E-state index contributed by atoms with van der Waals surface area (Å²) in [7, 11) is 3.60. The minimum atomic E-state index is 0. The van der Waals surface area contributed by atoms with Crippen molar-refractivity contribution < 1.29 is 14.2 Å². The molecule has 2 aliphatic rings. The van der Waals surface area contributed by atoms with E-state index in [1.165, 1.54) is 32.4 Å². The summed E-state index contributed by atoms with van der Waals surface area (Å²) < 4.78 is 16.4. The molecule has 2 rings (SSSR count). The van der Waals surface area contributed by atoms with Crippen molar-refractivity contribution in [1.29, 1.82) is 0 Å². The second kappa shape index (κ2) is 15.7. The zero-order valence-electron chi connectivity index (χ0n) is 17.1. The monoisotopic (exact) mass is 498 g/mol. The number of rotatable bonds is 11. The van der Waals surface area contributed by atoms with Crippen molar-refractivity contribution in [3.8, 4) is 0 Å². The molecule has 0 bridgehead atoms. The highest BCUT2D eigenvalue weighted by Crippen LogP contribution is 2.16. The molecule has 0 aromatic rings. The van der Waals surface area contributed by atoms with E-state index in [-0.39, 0.29) is 24.0 Å². The molecule has 1 unspecified atom stereocenters. The van der Waals surface area contributed by atoms with Gasteiger partial charge in [0.25, 0.3) is 0 Å². The number of piperidine rings is 1. The Morgan fingerprint density at radius 3 is 2.67 bits per heavy atom. The third-order valence-electron chi connectivity index (χ3n) is 5.19. The Balaban J connectivity index is 0.00000364. The lowest BCUT2D eigenvalue weighted by Gasteiger charge is -2.32. The van der Waals surface area contributed by atoms with Gasteiger partial charge in [0.1, 0.15) is 0 Å².